The van der Waals surface area contributed by atoms with Gasteiger partial charge in [-0.15, -0.1) is 4.36 Å². The molecule has 0 bridgehead atoms. The van der Waals surface area contributed by atoms with Crippen molar-refractivity contribution in [3.8, 4) is 22.9 Å². The molecule has 12 heteroatoms. The van der Waals surface area contributed by atoms with Gasteiger partial charge < -0.3 is 19.5 Å². The standard InChI is InChI=1S/C23H26N6O5S/c1-32-15-12-29-22(34-13-15)20(11-26-29)35(24,31)28-23(30)27-19-7-6-16(17-4-3-5-18(17)19)14-8-9-25-21(10-14)33-2/h6-11,15H,3-5,12-13H2,1-2H3,(H3,24,27,28,30,31). The molecule has 3 heterocycles. The average molecular weight is 499 g/mol. The van der Waals surface area contributed by atoms with Crippen molar-refractivity contribution in [1.29, 1.82) is 0 Å². The first kappa shape index (κ1) is 23.3. The Morgan fingerprint density at radius 1 is 1.29 bits per heavy atom. The number of amides is 2. The topological polar surface area (TPSA) is 143 Å². The third kappa shape index (κ3) is 4.47. The SMILES string of the molecule is COc1cc(-c2ccc(NC(=O)N=S(N)(=O)c3cnn4c3OCC(OC)C4)c3c2CCC3)ccn1. The summed E-state index contributed by atoms with van der Waals surface area (Å²) in [5.41, 5.74) is 4.86. The molecule has 0 saturated carbocycles. The van der Waals surface area contributed by atoms with Gasteiger partial charge in [0.25, 0.3) is 0 Å². The van der Waals surface area contributed by atoms with Crippen molar-refractivity contribution in [1.82, 2.24) is 14.8 Å². The molecule has 184 valence electrons. The van der Waals surface area contributed by atoms with Crippen molar-refractivity contribution in [2.45, 2.75) is 36.8 Å². The summed E-state index contributed by atoms with van der Waals surface area (Å²) in [5.74, 6) is 0.771. The molecule has 0 saturated heterocycles. The number of methoxy groups -OCH3 is 2. The lowest BCUT2D eigenvalue weighted by Gasteiger charge is -2.23. The summed E-state index contributed by atoms with van der Waals surface area (Å²) in [6.45, 7) is 0.689. The van der Waals surface area contributed by atoms with Gasteiger partial charge in [-0.1, -0.05) is 6.07 Å². The van der Waals surface area contributed by atoms with Crippen LogP contribution in [-0.4, -0.2) is 51.9 Å². The quantitative estimate of drug-likeness (QED) is 0.550. The number of nitrogens with two attached hydrogens (primary N) is 1. The van der Waals surface area contributed by atoms with Gasteiger partial charge in [0, 0.05) is 25.1 Å². The van der Waals surface area contributed by atoms with Crippen molar-refractivity contribution >= 4 is 21.6 Å². The second-order valence-corrected chi connectivity index (χ2v) is 10.1. The zero-order valence-corrected chi connectivity index (χ0v) is 20.2. The van der Waals surface area contributed by atoms with Crippen molar-refractivity contribution in [2.24, 2.45) is 9.50 Å². The number of nitrogens with one attached hydrogen (secondary N) is 1. The van der Waals surface area contributed by atoms with Crippen LogP contribution in [0.15, 0.2) is 45.9 Å². The Kier molecular flexibility index (Phi) is 6.17. The highest BCUT2D eigenvalue weighted by molar-refractivity contribution is 7.91. The highest BCUT2D eigenvalue weighted by atomic mass is 32.2. The number of aromatic nitrogens is 3. The van der Waals surface area contributed by atoms with Crippen LogP contribution in [-0.2, 0) is 34.0 Å². The summed E-state index contributed by atoms with van der Waals surface area (Å²) >= 11 is 0. The molecule has 3 N–H and O–H groups in total. The highest BCUT2D eigenvalue weighted by Crippen LogP contribution is 2.37. The van der Waals surface area contributed by atoms with Crippen LogP contribution in [0.3, 0.4) is 0 Å². The third-order valence-electron chi connectivity index (χ3n) is 6.19. The maximum Gasteiger partial charge on any atom is 0.354 e. The zero-order valence-electron chi connectivity index (χ0n) is 19.4. The molecule has 1 aromatic carbocycles. The molecule has 0 radical (unpaired) electrons. The average Bonchev–Trinajstić information content (AvgIpc) is 3.51. The maximum absolute atomic E-state index is 13.2. The van der Waals surface area contributed by atoms with E-state index < -0.39 is 15.9 Å². The van der Waals surface area contributed by atoms with Crippen molar-refractivity contribution in [3.05, 3.63) is 47.8 Å². The second kappa shape index (κ2) is 9.29. The van der Waals surface area contributed by atoms with Gasteiger partial charge in [0.2, 0.25) is 11.8 Å². The van der Waals surface area contributed by atoms with E-state index in [-0.39, 0.29) is 23.5 Å². The van der Waals surface area contributed by atoms with Crippen LogP contribution in [0.5, 0.6) is 11.8 Å². The van der Waals surface area contributed by atoms with E-state index in [4.69, 9.17) is 19.3 Å². The number of hydrogen-bond donors (Lipinski definition) is 2. The molecule has 2 amide bonds. The summed E-state index contributed by atoms with van der Waals surface area (Å²) < 4.78 is 34.6. The minimum absolute atomic E-state index is 0.0782. The Labute approximate surface area is 202 Å². The van der Waals surface area contributed by atoms with Crippen molar-refractivity contribution < 1.29 is 23.2 Å². The van der Waals surface area contributed by atoms with E-state index >= 15 is 0 Å². The number of pyridine rings is 1. The van der Waals surface area contributed by atoms with Crippen LogP contribution in [0.4, 0.5) is 10.5 Å². The fraction of sp³-hybridized carbons (Fsp3) is 0.348. The van der Waals surface area contributed by atoms with Crippen molar-refractivity contribution in [3.63, 3.8) is 0 Å². The predicted molar refractivity (Wildman–Crippen MR) is 129 cm³/mol. The molecule has 0 spiro atoms. The summed E-state index contributed by atoms with van der Waals surface area (Å²) in [7, 11) is -0.426. The van der Waals surface area contributed by atoms with Gasteiger partial charge in [-0.05, 0) is 53.6 Å². The number of rotatable bonds is 5. The predicted octanol–water partition coefficient (Wildman–Crippen LogP) is 2.78. The van der Waals surface area contributed by atoms with Gasteiger partial charge in [-0.3, -0.25) is 0 Å². The molecule has 5 rings (SSSR count). The molecule has 1 aliphatic heterocycles. The maximum atomic E-state index is 13.2. The van der Waals surface area contributed by atoms with Crippen LogP contribution in [0, 0.1) is 0 Å². The Hall–Kier alpha value is -3.48. The minimum Gasteiger partial charge on any atom is -0.481 e. The number of fused-ring (bicyclic) bond motifs is 2. The van der Waals surface area contributed by atoms with Crippen LogP contribution in [0.25, 0.3) is 11.1 Å². The van der Waals surface area contributed by atoms with E-state index in [0.29, 0.717) is 18.1 Å². The number of carbonyl (C=O) groups is 1. The molecule has 2 atom stereocenters. The number of ether oxygens (including phenoxy) is 3. The Morgan fingerprint density at radius 3 is 2.91 bits per heavy atom. The molecule has 3 aromatic rings. The molecule has 1 aliphatic carbocycles. The Morgan fingerprint density at radius 2 is 2.11 bits per heavy atom. The number of nitrogens with zero attached hydrogens (tertiary/aromatic N) is 4. The normalized spacial score (nSPS) is 18.1. The number of urea groups is 1. The molecule has 35 heavy (non-hydrogen) atoms. The lowest BCUT2D eigenvalue weighted by Crippen LogP contribution is -2.32. The summed E-state index contributed by atoms with van der Waals surface area (Å²) in [6, 6.07) is 6.79. The largest absolute Gasteiger partial charge is 0.481 e. The van der Waals surface area contributed by atoms with E-state index in [1.165, 1.54) is 10.9 Å². The molecule has 2 aromatic heterocycles. The van der Waals surface area contributed by atoms with Gasteiger partial charge in [0.05, 0.1) is 19.9 Å². The third-order valence-corrected chi connectivity index (χ3v) is 7.54. The summed E-state index contributed by atoms with van der Waals surface area (Å²) in [4.78, 5) is 17.0. The highest BCUT2D eigenvalue weighted by Gasteiger charge is 2.28. The van der Waals surface area contributed by atoms with Gasteiger partial charge in [0.1, 0.15) is 17.6 Å². The van der Waals surface area contributed by atoms with Gasteiger partial charge in [-0.25, -0.2) is 23.8 Å². The summed E-state index contributed by atoms with van der Waals surface area (Å²) in [6.07, 6.45) is 5.50. The first-order chi connectivity index (χ1) is 16.9. The van der Waals surface area contributed by atoms with Crippen molar-refractivity contribution in [2.75, 3.05) is 26.1 Å². The van der Waals surface area contributed by atoms with E-state index in [0.717, 1.165) is 41.5 Å². The smallest absolute Gasteiger partial charge is 0.354 e. The molecular weight excluding hydrogens is 472 g/mol. The Bertz CT molecular complexity index is 1410. The first-order valence-corrected chi connectivity index (χ1v) is 12.7. The lowest BCUT2D eigenvalue weighted by molar-refractivity contribution is 0.0165. The minimum atomic E-state index is -3.58. The fourth-order valence-electron chi connectivity index (χ4n) is 4.49. The van der Waals surface area contributed by atoms with Gasteiger partial charge in [-0.2, -0.15) is 5.10 Å². The number of carbonyl (C=O) groups excluding carboxylic acids is 1. The number of anilines is 1. The lowest BCUT2D eigenvalue weighted by atomic mass is 9.96. The first-order valence-electron chi connectivity index (χ1n) is 11.1. The van der Waals surface area contributed by atoms with Gasteiger partial charge in [0.15, 0.2) is 9.92 Å². The number of hydrogen-bond acceptors (Lipinski definition) is 7. The number of benzene rings is 1. The molecule has 2 unspecified atom stereocenters. The van der Waals surface area contributed by atoms with Crippen LogP contribution in [0.1, 0.15) is 17.5 Å². The zero-order chi connectivity index (χ0) is 24.6. The second-order valence-electron chi connectivity index (χ2n) is 8.31. The molecule has 11 nitrogen and oxygen atoms in total. The van der Waals surface area contributed by atoms with Crippen LogP contribution >= 0.6 is 0 Å². The van der Waals surface area contributed by atoms with Gasteiger partial charge >= 0.3 is 6.03 Å². The van der Waals surface area contributed by atoms with E-state index in [1.807, 2.05) is 24.3 Å². The van der Waals surface area contributed by atoms with E-state index in [2.05, 4.69) is 19.8 Å². The van der Waals surface area contributed by atoms with Crippen LogP contribution in [0.2, 0.25) is 0 Å². The van der Waals surface area contributed by atoms with Crippen LogP contribution < -0.4 is 19.9 Å². The fourth-order valence-corrected chi connectivity index (χ4v) is 5.49. The summed E-state index contributed by atoms with van der Waals surface area (Å²) in [5, 5.41) is 12.9. The van der Waals surface area contributed by atoms with E-state index in [9.17, 15) is 9.00 Å². The Balaban J connectivity index is 1.41. The molecular formula is C23H26N6O5S. The monoisotopic (exact) mass is 498 g/mol. The molecule has 0 fully saturated rings. The molecule has 2 aliphatic rings. The van der Waals surface area contributed by atoms with E-state index in [1.54, 1.807) is 20.4 Å².